The largest absolute Gasteiger partial charge is 0.455 e. The summed E-state index contributed by atoms with van der Waals surface area (Å²) in [5.41, 5.74) is -1.64. The second kappa shape index (κ2) is 8.02. The number of esters is 1. The maximum Gasteiger partial charge on any atom is 0.338 e. The molecule has 0 amide bonds. The second-order valence-corrected chi connectivity index (χ2v) is 12.8. The molecule has 3 aliphatic carbocycles. The highest BCUT2D eigenvalue weighted by Gasteiger charge is 2.74. The molecule has 1 aromatic rings. The van der Waals surface area contributed by atoms with Crippen LogP contribution >= 0.6 is 0 Å². The van der Waals surface area contributed by atoms with Crippen molar-refractivity contribution < 1.29 is 29.3 Å². The quantitative estimate of drug-likeness (QED) is 0.373. The van der Waals surface area contributed by atoms with Crippen molar-refractivity contribution in [3.8, 4) is 0 Å². The zero-order valence-corrected chi connectivity index (χ0v) is 22.5. The minimum absolute atomic E-state index is 0.00492. The van der Waals surface area contributed by atoms with Gasteiger partial charge in [0, 0.05) is 29.0 Å². The molecule has 1 heterocycles. The number of carbonyl (C=O) groups is 2. The molecule has 7 heteroatoms. The van der Waals surface area contributed by atoms with Crippen molar-refractivity contribution in [3.63, 3.8) is 0 Å². The van der Waals surface area contributed by atoms with E-state index in [0.717, 1.165) is 11.1 Å². The molecule has 36 heavy (non-hydrogen) atoms. The SMILES string of the molecule is B[C@H]1C(=O)[C@@]2(C)[C@H]([C@H](OC(=O)c3ccccc3)[C@]3(O)C[C@H](C)C(C)=C1C3(C)C)[C@]1(C)CO[C@@H]1C[C@@H]2O. The van der Waals surface area contributed by atoms with Gasteiger partial charge in [-0.3, -0.25) is 4.79 Å². The minimum atomic E-state index is -1.45. The maximum absolute atomic E-state index is 14.5. The first-order valence-electron chi connectivity index (χ1n) is 13.2. The van der Waals surface area contributed by atoms with Gasteiger partial charge in [-0.2, -0.15) is 0 Å². The van der Waals surface area contributed by atoms with Crippen LogP contribution in [-0.2, 0) is 14.3 Å². The van der Waals surface area contributed by atoms with Crippen molar-refractivity contribution in [2.24, 2.45) is 28.1 Å². The van der Waals surface area contributed by atoms with Crippen LogP contribution in [0.2, 0.25) is 5.82 Å². The Kier molecular flexibility index (Phi) is 5.72. The highest BCUT2D eigenvalue weighted by atomic mass is 16.6. The molecule has 3 fully saturated rings. The van der Waals surface area contributed by atoms with Crippen LogP contribution in [0.5, 0.6) is 0 Å². The molecule has 0 aromatic heterocycles. The minimum Gasteiger partial charge on any atom is -0.455 e. The van der Waals surface area contributed by atoms with Crippen LogP contribution in [0.25, 0.3) is 0 Å². The molecule has 2 bridgehead atoms. The van der Waals surface area contributed by atoms with Gasteiger partial charge in [-0.15, -0.1) is 0 Å². The van der Waals surface area contributed by atoms with Gasteiger partial charge in [0.2, 0.25) is 0 Å². The van der Waals surface area contributed by atoms with E-state index in [1.54, 1.807) is 24.3 Å². The molecule has 2 N–H and O–H groups in total. The predicted octanol–water partition coefficient (Wildman–Crippen LogP) is 3.12. The van der Waals surface area contributed by atoms with Gasteiger partial charge in [0.25, 0.3) is 0 Å². The summed E-state index contributed by atoms with van der Waals surface area (Å²) in [6.07, 6.45) is -1.52. The molecule has 1 aromatic carbocycles. The zero-order chi connectivity index (χ0) is 26.4. The molecule has 0 radical (unpaired) electrons. The highest BCUT2D eigenvalue weighted by Crippen LogP contribution is 2.67. The Morgan fingerprint density at radius 1 is 1.17 bits per heavy atom. The van der Waals surface area contributed by atoms with Gasteiger partial charge in [0.1, 0.15) is 25.3 Å². The van der Waals surface area contributed by atoms with Gasteiger partial charge >= 0.3 is 5.97 Å². The third-order valence-electron chi connectivity index (χ3n) is 10.7. The molecule has 194 valence electrons. The summed E-state index contributed by atoms with van der Waals surface area (Å²) in [4.78, 5) is 28.0. The van der Waals surface area contributed by atoms with E-state index in [1.165, 1.54) is 0 Å². The van der Waals surface area contributed by atoms with Crippen LogP contribution in [0.3, 0.4) is 0 Å². The molecule has 6 nitrogen and oxygen atoms in total. The van der Waals surface area contributed by atoms with Crippen molar-refractivity contribution >= 4 is 19.6 Å². The fraction of sp³-hybridized carbons (Fsp3) is 0.655. The molecular weight excluding hydrogens is 455 g/mol. The summed E-state index contributed by atoms with van der Waals surface area (Å²) < 4.78 is 12.3. The predicted molar refractivity (Wildman–Crippen MR) is 138 cm³/mol. The lowest BCUT2D eigenvalue weighted by molar-refractivity contribution is -0.310. The second-order valence-electron chi connectivity index (χ2n) is 12.8. The summed E-state index contributed by atoms with van der Waals surface area (Å²) in [5, 5.41) is 24.3. The summed E-state index contributed by atoms with van der Waals surface area (Å²) >= 11 is 0. The van der Waals surface area contributed by atoms with E-state index in [9.17, 15) is 19.8 Å². The Hall–Kier alpha value is -1.96. The number of fused-ring (bicyclic) bond motifs is 5. The van der Waals surface area contributed by atoms with Gasteiger partial charge in [-0.1, -0.05) is 57.0 Å². The summed E-state index contributed by atoms with van der Waals surface area (Å²) in [7, 11) is 1.92. The van der Waals surface area contributed by atoms with Crippen LogP contribution in [0, 0.1) is 28.1 Å². The van der Waals surface area contributed by atoms with Gasteiger partial charge in [-0.05, 0) is 38.3 Å². The Morgan fingerprint density at radius 2 is 1.81 bits per heavy atom. The Labute approximate surface area is 214 Å². The Bertz CT molecular complexity index is 1130. The number of ketones is 1. The smallest absolute Gasteiger partial charge is 0.338 e. The summed E-state index contributed by atoms with van der Waals surface area (Å²) in [6, 6.07) is 8.77. The van der Waals surface area contributed by atoms with Crippen molar-refractivity contribution in [3.05, 3.63) is 47.0 Å². The molecular formula is C29H39BO6. The number of allylic oxidation sites excluding steroid dienone is 1. The molecule has 2 saturated carbocycles. The fourth-order valence-electron chi connectivity index (χ4n) is 8.43. The topological polar surface area (TPSA) is 93.1 Å². The average Bonchev–Trinajstić information content (AvgIpc) is 2.83. The van der Waals surface area contributed by atoms with Crippen molar-refractivity contribution in [1.29, 1.82) is 0 Å². The first-order valence-corrected chi connectivity index (χ1v) is 13.2. The Morgan fingerprint density at radius 3 is 2.39 bits per heavy atom. The normalized spacial score (nSPS) is 45.5. The van der Waals surface area contributed by atoms with Gasteiger partial charge in [0.05, 0.1) is 29.8 Å². The first kappa shape index (κ1) is 25.7. The average molecular weight is 494 g/mol. The number of ether oxygens (including phenoxy) is 2. The maximum atomic E-state index is 14.5. The molecule has 0 spiro atoms. The number of Topliss-reactive ketones (excluding diaryl/α,β-unsaturated/α-hetero) is 1. The van der Waals surface area contributed by atoms with E-state index in [0.29, 0.717) is 25.0 Å². The van der Waals surface area contributed by atoms with Crippen molar-refractivity contribution in [1.82, 2.24) is 0 Å². The number of rotatable bonds is 2. The van der Waals surface area contributed by atoms with Gasteiger partial charge in [0.15, 0.2) is 0 Å². The summed E-state index contributed by atoms with van der Waals surface area (Å²) in [6.45, 7) is 12.3. The third kappa shape index (κ3) is 3.09. The first-order chi connectivity index (χ1) is 16.7. The van der Waals surface area contributed by atoms with Crippen LogP contribution < -0.4 is 0 Å². The fourth-order valence-corrected chi connectivity index (χ4v) is 8.43. The van der Waals surface area contributed by atoms with Gasteiger partial charge in [-0.25, -0.2) is 4.79 Å². The molecule has 4 aliphatic rings. The van der Waals surface area contributed by atoms with Crippen molar-refractivity contribution in [2.45, 2.75) is 84.1 Å². The van der Waals surface area contributed by atoms with E-state index in [-0.39, 0.29) is 17.8 Å². The summed E-state index contributed by atoms with van der Waals surface area (Å²) in [5.74, 6) is -1.68. The molecule has 1 aliphatic heterocycles. The lowest BCUT2D eigenvalue weighted by Gasteiger charge is -2.68. The van der Waals surface area contributed by atoms with E-state index in [1.807, 2.05) is 41.6 Å². The molecule has 1 saturated heterocycles. The van der Waals surface area contributed by atoms with E-state index < -0.39 is 51.8 Å². The lowest BCUT2D eigenvalue weighted by Crippen LogP contribution is -2.76. The van der Waals surface area contributed by atoms with E-state index in [4.69, 9.17) is 9.47 Å². The van der Waals surface area contributed by atoms with Crippen molar-refractivity contribution in [2.75, 3.05) is 6.61 Å². The number of aliphatic hydroxyl groups excluding tert-OH is 1. The van der Waals surface area contributed by atoms with Crippen LogP contribution in [0.4, 0.5) is 0 Å². The number of benzene rings is 1. The number of aliphatic hydroxyl groups is 2. The van der Waals surface area contributed by atoms with Gasteiger partial charge < -0.3 is 19.7 Å². The molecule has 9 atom stereocenters. The van der Waals surface area contributed by atoms with E-state index in [2.05, 4.69) is 13.8 Å². The number of carbonyl (C=O) groups excluding carboxylic acids is 2. The standard InChI is InChI=1S/C29H39BO6/c1-15-13-29(34)24(36-25(33)17-10-8-7-9-11-17)22-27(5)14-35-19(27)12-18(31)28(22,6)23(32)21(30)20(16(15)2)26(29,3)4/h7-11,15,18-19,21-22,24,31,34H,12-14,30H2,1-6H3/t15-,18-,19+,21+,22+,24-,27+,28+,29+/m0/s1. The Balaban J connectivity index is 1.78. The molecule has 0 unspecified atom stereocenters. The number of hydrogen-bond acceptors (Lipinski definition) is 6. The van der Waals surface area contributed by atoms with E-state index >= 15 is 0 Å². The molecule has 5 rings (SSSR count). The zero-order valence-electron chi connectivity index (χ0n) is 22.5. The highest BCUT2D eigenvalue weighted by molar-refractivity contribution is 6.28. The van der Waals surface area contributed by atoms with Crippen LogP contribution in [-0.4, -0.2) is 60.3 Å². The lowest BCUT2D eigenvalue weighted by atomic mass is 9.40. The van der Waals surface area contributed by atoms with Crippen LogP contribution in [0.15, 0.2) is 41.5 Å². The van der Waals surface area contributed by atoms with Crippen LogP contribution in [0.1, 0.15) is 64.7 Å². The third-order valence-corrected chi connectivity index (χ3v) is 10.7. The monoisotopic (exact) mass is 494 g/mol. The number of hydrogen-bond donors (Lipinski definition) is 2.